The highest BCUT2D eigenvalue weighted by atomic mass is 16.5. The molecule has 0 radical (unpaired) electrons. The van der Waals surface area contributed by atoms with Crippen molar-refractivity contribution >= 4 is 17.1 Å². The van der Waals surface area contributed by atoms with Gasteiger partial charge < -0.3 is 14.8 Å². The van der Waals surface area contributed by atoms with Crippen LogP contribution in [0.1, 0.15) is 18.7 Å². The number of ether oxygens (including phenoxy) is 1. The van der Waals surface area contributed by atoms with Gasteiger partial charge in [0.25, 0.3) is 0 Å². The van der Waals surface area contributed by atoms with Crippen molar-refractivity contribution in [2.75, 3.05) is 0 Å². The molecule has 2 rings (SSSR count). The molecule has 0 aromatic carbocycles. The Kier molecular flexibility index (Phi) is 3.83. The van der Waals surface area contributed by atoms with E-state index in [1.54, 1.807) is 6.08 Å². The number of carbonyl (C=O) groups excluding carboxylic acids is 1. The average molecular weight is 278 g/mol. The van der Waals surface area contributed by atoms with E-state index in [9.17, 15) is 14.7 Å². The molecule has 20 heavy (non-hydrogen) atoms. The molecule has 2 heterocycles. The number of nitrogens with zero attached hydrogens (tertiary/aromatic N) is 3. The van der Waals surface area contributed by atoms with E-state index in [2.05, 4.69) is 21.5 Å². The molecule has 0 saturated heterocycles. The quantitative estimate of drug-likeness (QED) is 0.604. The summed E-state index contributed by atoms with van der Waals surface area (Å²) in [5, 5.41) is 9.57. The normalized spacial score (nSPS) is 10.7. The smallest absolute Gasteiger partial charge is 0.352 e. The average Bonchev–Trinajstić information content (AvgIpc) is 2.85. The highest BCUT2D eigenvalue weighted by Gasteiger charge is 2.13. The number of aromatic hydroxyl groups is 1. The fraction of sp³-hybridized carbons (Fsp3) is 0.333. The first-order chi connectivity index (χ1) is 9.52. The molecular weight excluding hydrogens is 264 g/mol. The van der Waals surface area contributed by atoms with Crippen molar-refractivity contribution in [2.45, 2.75) is 19.4 Å². The van der Waals surface area contributed by atoms with Crippen molar-refractivity contribution in [2.24, 2.45) is 7.05 Å². The van der Waals surface area contributed by atoms with E-state index in [0.717, 1.165) is 0 Å². The molecule has 0 spiro atoms. The van der Waals surface area contributed by atoms with E-state index >= 15 is 0 Å². The van der Waals surface area contributed by atoms with E-state index < -0.39 is 11.6 Å². The number of carbonyl (C=O) groups is 1. The van der Waals surface area contributed by atoms with E-state index in [-0.39, 0.29) is 30.2 Å². The third-order valence-electron chi connectivity index (χ3n) is 2.69. The largest absolute Gasteiger partial charge is 0.492 e. The zero-order valence-corrected chi connectivity index (χ0v) is 10.9. The Morgan fingerprint density at radius 1 is 1.55 bits per heavy atom. The lowest BCUT2D eigenvalue weighted by Gasteiger charge is -2.00. The van der Waals surface area contributed by atoms with Gasteiger partial charge in [-0.05, 0) is 6.42 Å². The summed E-state index contributed by atoms with van der Waals surface area (Å²) in [7, 11) is 1.48. The number of imidazole rings is 1. The molecule has 0 fully saturated rings. The molecule has 0 aliphatic carbocycles. The predicted octanol–water partition coefficient (Wildman–Crippen LogP) is 0.372. The summed E-state index contributed by atoms with van der Waals surface area (Å²) in [6.07, 6.45) is 2.41. The van der Waals surface area contributed by atoms with Crippen LogP contribution in [-0.4, -0.2) is 30.6 Å². The third kappa shape index (κ3) is 2.68. The number of allylic oxidation sites excluding steroid dienone is 1. The van der Waals surface area contributed by atoms with Gasteiger partial charge in [-0.15, -0.1) is 6.58 Å². The Morgan fingerprint density at radius 2 is 2.30 bits per heavy atom. The number of aryl methyl sites for hydroxylation is 1. The Labute approximate surface area is 113 Å². The van der Waals surface area contributed by atoms with Crippen LogP contribution < -0.4 is 5.69 Å². The molecule has 8 heteroatoms. The first-order valence-corrected chi connectivity index (χ1v) is 5.94. The minimum Gasteiger partial charge on any atom is -0.492 e. The van der Waals surface area contributed by atoms with Crippen LogP contribution in [0.25, 0.3) is 11.2 Å². The second kappa shape index (κ2) is 5.55. The van der Waals surface area contributed by atoms with Crippen molar-refractivity contribution in [1.29, 1.82) is 0 Å². The summed E-state index contributed by atoms with van der Waals surface area (Å²) in [5.41, 5.74) is -0.139. The lowest BCUT2D eigenvalue weighted by molar-refractivity contribution is -0.145. The van der Waals surface area contributed by atoms with Gasteiger partial charge in [-0.2, -0.15) is 4.98 Å². The first-order valence-electron chi connectivity index (χ1n) is 5.94. The van der Waals surface area contributed by atoms with Gasteiger partial charge in [0.15, 0.2) is 5.65 Å². The highest BCUT2D eigenvalue weighted by Crippen LogP contribution is 2.17. The predicted molar refractivity (Wildman–Crippen MR) is 70.0 cm³/mol. The van der Waals surface area contributed by atoms with E-state index in [1.165, 1.54) is 11.6 Å². The zero-order valence-electron chi connectivity index (χ0n) is 10.9. The maximum absolute atomic E-state index is 11.4. The number of rotatable bonds is 5. The van der Waals surface area contributed by atoms with Crippen molar-refractivity contribution in [3.8, 4) is 5.88 Å². The van der Waals surface area contributed by atoms with E-state index in [0.29, 0.717) is 12.2 Å². The van der Waals surface area contributed by atoms with Crippen molar-refractivity contribution in [3.05, 3.63) is 29.0 Å². The highest BCUT2D eigenvalue weighted by molar-refractivity contribution is 5.76. The lowest BCUT2D eigenvalue weighted by atomic mass is 10.3. The van der Waals surface area contributed by atoms with Gasteiger partial charge >= 0.3 is 11.7 Å². The van der Waals surface area contributed by atoms with Gasteiger partial charge in [0.1, 0.15) is 17.9 Å². The van der Waals surface area contributed by atoms with Gasteiger partial charge in [0.05, 0.1) is 0 Å². The van der Waals surface area contributed by atoms with Crippen LogP contribution in [-0.2, 0) is 23.2 Å². The molecule has 0 aliphatic rings. The summed E-state index contributed by atoms with van der Waals surface area (Å²) in [4.78, 5) is 33.0. The first kappa shape index (κ1) is 13.8. The second-order valence-electron chi connectivity index (χ2n) is 4.15. The molecule has 0 amide bonds. The molecule has 0 saturated carbocycles. The standard InChI is InChI=1S/C12H14N4O4/c1-3-4-5-8(17)20-6-7-13-9-10(14-7)16(2)12(19)15-11(9)18/h3H,1,4-6H2,2H3,(H,13,14)(H,15,18,19). The van der Waals surface area contributed by atoms with Crippen LogP contribution in [0.15, 0.2) is 17.4 Å². The maximum Gasteiger partial charge on any atom is 0.352 e. The van der Waals surface area contributed by atoms with Gasteiger partial charge in [-0.1, -0.05) is 6.08 Å². The van der Waals surface area contributed by atoms with Crippen molar-refractivity contribution < 1.29 is 14.6 Å². The number of nitrogens with one attached hydrogen (secondary N) is 1. The molecule has 2 aromatic heterocycles. The molecule has 2 aromatic rings. The molecular formula is C12H14N4O4. The molecule has 106 valence electrons. The maximum atomic E-state index is 11.4. The van der Waals surface area contributed by atoms with Crippen LogP contribution in [0, 0.1) is 0 Å². The molecule has 0 atom stereocenters. The SMILES string of the molecule is C=CCCC(=O)OCc1nc2c([nH]1)c(O)nc(=O)n2C. The molecule has 8 nitrogen and oxygen atoms in total. The monoisotopic (exact) mass is 278 g/mol. The van der Waals surface area contributed by atoms with Gasteiger partial charge in [-0.25, -0.2) is 9.78 Å². The van der Waals surface area contributed by atoms with Crippen molar-refractivity contribution in [3.63, 3.8) is 0 Å². The summed E-state index contributed by atoms with van der Waals surface area (Å²) < 4.78 is 6.19. The third-order valence-corrected chi connectivity index (χ3v) is 2.69. The summed E-state index contributed by atoms with van der Waals surface area (Å²) in [5.74, 6) is -0.480. The number of fused-ring (bicyclic) bond motifs is 1. The number of aromatic amines is 1. The van der Waals surface area contributed by atoms with Crippen LogP contribution in [0.3, 0.4) is 0 Å². The summed E-state index contributed by atoms with van der Waals surface area (Å²) in [6, 6.07) is 0. The lowest BCUT2D eigenvalue weighted by Crippen LogP contribution is -2.19. The molecule has 2 N–H and O–H groups in total. The second-order valence-corrected chi connectivity index (χ2v) is 4.15. The molecule has 0 bridgehead atoms. The van der Waals surface area contributed by atoms with E-state index in [4.69, 9.17) is 4.74 Å². The number of hydrogen-bond donors (Lipinski definition) is 2. The topological polar surface area (TPSA) is 110 Å². The minimum atomic E-state index is -0.615. The Hall–Kier alpha value is -2.64. The van der Waals surface area contributed by atoms with Crippen LogP contribution >= 0.6 is 0 Å². The Bertz CT molecular complexity index is 716. The van der Waals surface area contributed by atoms with Crippen LogP contribution in [0.4, 0.5) is 0 Å². The zero-order chi connectivity index (χ0) is 14.7. The number of esters is 1. The van der Waals surface area contributed by atoms with Gasteiger partial charge in [0.2, 0.25) is 5.88 Å². The van der Waals surface area contributed by atoms with Gasteiger partial charge in [0, 0.05) is 13.5 Å². The van der Waals surface area contributed by atoms with Crippen LogP contribution in [0.2, 0.25) is 0 Å². The van der Waals surface area contributed by atoms with Gasteiger partial charge in [-0.3, -0.25) is 9.36 Å². The summed E-state index contributed by atoms with van der Waals surface area (Å²) >= 11 is 0. The van der Waals surface area contributed by atoms with E-state index in [1.807, 2.05) is 0 Å². The minimum absolute atomic E-state index is 0.0711. The fourth-order valence-electron chi connectivity index (χ4n) is 1.63. The number of hydrogen-bond acceptors (Lipinski definition) is 6. The van der Waals surface area contributed by atoms with Crippen LogP contribution in [0.5, 0.6) is 5.88 Å². The molecule has 0 aliphatic heterocycles. The van der Waals surface area contributed by atoms with Crippen molar-refractivity contribution in [1.82, 2.24) is 19.5 Å². The molecule has 0 unspecified atom stereocenters. The number of H-pyrrole nitrogens is 1. The Morgan fingerprint density at radius 3 is 3.00 bits per heavy atom. The summed E-state index contributed by atoms with van der Waals surface area (Å²) in [6.45, 7) is 3.44. The fourth-order valence-corrected chi connectivity index (χ4v) is 1.63. The number of aromatic nitrogens is 4. The Balaban J connectivity index is 2.18.